The van der Waals surface area contributed by atoms with Crippen molar-refractivity contribution < 1.29 is 17.6 Å². The van der Waals surface area contributed by atoms with E-state index >= 15 is 0 Å². The second-order valence-corrected chi connectivity index (χ2v) is 5.04. The maximum absolute atomic E-state index is 11.7. The molecule has 0 saturated carbocycles. The topological polar surface area (TPSA) is 102 Å². The molecule has 2 rings (SSSR count). The first-order chi connectivity index (χ1) is 8.48. The first-order valence-electron chi connectivity index (χ1n) is 4.94. The van der Waals surface area contributed by atoms with E-state index in [0.29, 0.717) is 5.56 Å². The first kappa shape index (κ1) is 12.3. The van der Waals surface area contributed by atoms with E-state index in [2.05, 4.69) is 5.32 Å². The molecule has 0 aliphatic carbocycles. The Bertz CT molecular complexity index is 662. The number of carbonyl (C=O) groups excluding carboxylic acids is 1. The van der Waals surface area contributed by atoms with E-state index in [1.807, 2.05) is 0 Å². The minimum Gasteiger partial charge on any atom is -0.472 e. The second kappa shape index (κ2) is 4.63. The number of anilines is 1. The van der Waals surface area contributed by atoms with Gasteiger partial charge in [-0.25, -0.2) is 13.6 Å². The predicted octanol–water partition coefficient (Wildman–Crippen LogP) is 1.18. The van der Waals surface area contributed by atoms with Gasteiger partial charge in [0.2, 0.25) is 10.0 Å². The molecule has 1 aromatic heterocycles. The molecule has 0 fully saturated rings. The van der Waals surface area contributed by atoms with Crippen LogP contribution in [0.25, 0.3) is 0 Å². The Labute approximate surface area is 103 Å². The highest BCUT2D eigenvalue weighted by Gasteiger charge is 2.16. The summed E-state index contributed by atoms with van der Waals surface area (Å²) in [5.74, 6) is -0.472. The summed E-state index contributed by atoms with van der Waals surface area (Å²) in [4.78, 5) is 11.6. The van der Waals surface area contributed by atoms with Crippen molar-refractivity contribution in [1.82, 2.24) is 0 Å². The van der Waals surface area contributed by atoms with Crippen molar-refractivity contribution in [2.45, 2.75) is 4.90 Å². The van der Waals surface area contributed by atoms with Gasteiger partial charge in [0, 0.05) is 0 Å². The van der Waals surface area contributed by atoms with Crippen LogP contribution in [0.1, 0.15) is 10.4 Å². The van der Waals surface area contributed by atoms with E-state index in [-0.39, 0.29) is 10.6 Å². The van der Waals surface area contributed by atoms with Crippen molar-refractivity contribution in [3.63, 3.8) is 0 Å². The maximum atomic E-state index is 11.7. The SMILES string of the molecule is NS(=O)(=O)c1ccccc1NC(=O)c1ccoc1. The minimum absolute atomic E-state index is 0.131. The lowest BCUT2D eigenvalue weighted by molar-refractivity contribution is 0.102. The molecule has 1 heterocycles. The van der Waals surface area contributed by atoms with Crippen LogP contribution < -0.4 is 10.5 Å². The third kappa shape index (κ3) is 2.58. The Morgan fingerprint density at radius 1 is 1.22 bits per heavy atom. The largest absolute Gasteiger partial charge is 0.472 e. The number of hydrogen-bond acceptors (Lipinski definition) is 4. The van der Waals surface area contributed by atoms with Crippen LogP contribution in [0.15, 0.2) is 52.2 Å². The molecule has 94 valence electrons. The second-order valence-electron chi connectivity index (χ2n) is 3.51. The molecule has 0 aliphatic rings. The molecule has 0 atom stereocenters. The average Bonchev–Trinajstić information content (AvgIpc) is 2.81. The minimum atomic E-state index is -3.89. The van der Waals surface area contributed by atoms with Crippen LogP contribution in [0, 0.1) is 0 Å². The summed E-state index contributed by atoms with van der Waals surface area (Å²) in [5.41, 5.74) is 0.422. The molecule has 1 aromatic carbocycles. The Kier molecular flexibility index (Phi) is 3.17. The summed E-state index contributed by atoms with van der Waals surface area (Å²) in [6, 6.07) is 7.36. The molecule has 3 N–H and O–H groups in total. The zero-order valence-corrected chi connectivity index (χ0v) is 9.98. The molecule has 0 spiro atoms. The standard InChI is InChI=1S/C11H10N2O4S/c12-18(15,16)10-4-2-1-3-9(10)13-11(14)8-5-6-17-7-8/h1-7H,(H,13,14)(H2,12,15,16). The summed E-state index contributed by atoms with van der Waals surface area (Å²) in [7, 11) is -3.89. The van der Waals surface area contributed by atoms with Gasteiger partial charge in [0.05, 0.1) is 17.5 Å². The number of para-hydroxylation sites is 1. The van der Waals surface area contributed by atoms with Crippen molar-refractivity contribution in [3.8, 4) is 0 Å². The molecular formula is C11H10N2O4S. The summed E-state index contributed by atoms with van der Waals surface area (Å²) in [6.07, 6.45) is 2.61. The number of rotatable bonds is 3. The van der Waals surface area contributed by atoms with Gasteiger partial charge in [0.15, 0.2) is 0 Å². The van der Waals surface area contributed by atoms with Crippen molar-refractivity contribution >= 4 is 21.6 Å². The Balaban J connectivity index is 2.33. The molecule has 0 aliphatic heterocycles. The number of hydrogen-bond donors (Lipinski definition) is 2. The van der Waals surface area contributed by atoms with Crippen LogP contribution in [0.2, 0.25) is 0 Å². The molecule has 0 unspecified atom stereocenters. The lowest BCUT2D eigenvalue weighted by Crippen LogP contribution is -2.18. The predicted molar refractivity (Wildman–Crippen MR) is 64.5 cm³/mol. The molecule has 0 bridgehead atoms. The summed E-state index contributed by atoms with van der Waals surface area (Å²) in [6.45, 7) is 0. The number of primary sulfonamides is 1. The average molecular weight is 266 g/mol. The maximum Gasteiger partial charge on any atom is 0.258 e. The molecule has 6 nitrogen and oxygen atoms in total. The van der Waals surface area contributed by atoms with Gasteiger partial charge < -0.3 is 9.73 Å². The Morgan fingerprint density at radius 2 is 1.94 bits per heavy atom. The van der Waals surface area contributed by atoms with Crippen molar-refractivity contribution in [2.75, 3.05) is 5.32 Å². The lowest BCUT2D eigenvalue weighted by Gasteiger charge is -2.08. The van der Waals surface area contributed by atoms with E-state index in [0.717, 1.165) is 0 Å². The molecule has 18 heavy (non-hydrogen) atoms. The van der Waals surface area contributed by atoms with E-state index in [1.54, 1.807) is 6.07 Å². The van der Waals surface area contributed by atoms with Gasteiger partial charge in [-0.15, -0.1) is 0 Å². The number of sulfonamides is 1. The quantitative estimate of drug-likeness (QED) is 0.870. The molecule has 0 radical (unpaired) electrons. The van der Waals surface area contributed by atoms with Crippen molar-refractivity contribution in [1.29, 1.82) is 0 Å². The fourth-order valence-electron chi connectivity index (χ4n) is 1.41. The van der Waals surface area contributed by atoms with E-state index < -0.39 is 15.9 Å². The fourth-order valence-corrected chi connectivity index (χ4v) is 2.10. The van der Waals surface area contributed by atoms with Crippen molar-refractivity contribution in [2.24, 2.45) is 5.14 Å². The van der Waals surface area contributed by atoms with Crippen LogP contribution in [-0.4, -0.2) is 14.3 Å². The summed E-state index contributed by atoms with van der Waals surface area (Å²) >= 11 is 0. The van der Waals surface area contributed by atoms with Gasteiger partial charge in [-0.2, -0.15) is 0 Å². The monoisotopic (exact) mass is 266 g/mol. The number of carbonyl (C=O) groups is 1. The van der Waals surface area contributed by atoms with Gasteiger partial charge in [-0.1, -0.05) is 12.1 Å². The van der Waals surface area contributed by atoms with Gasteiger partial charge >= 0.3 is 0 Å². The Hall–Kier alpha value is -2.12. The van der Waals surface area contributed by atoms with Crippen LogP contribution in [0.3, 0.4) is 0 Å². The number of benzene rings is 1. The summed E-state index contributed by atoms with van der Waals surface area (Å²) in [5, 5.41) is 7.52. The Morgan fingerprint density at radius 3 is 2.56 bits per heavy atom. The highest BCUT2D eigenvalue weighted by Crippen LogP contribution is 2.20. The number of nitrogens with two attached hydrogens (primary N) is 1. The molecule has 0 saturated heterocycles. The van der Waals surface area contributed by atoms with Crippen LogP contribution in [-0.2, 0) is 10.0 Å². The number of amides is 1. The van der Waals surface area contributed by atoms with E-state index in [1.165, 1.54) is 36.8 Å². The third-order valence-electron chi connectivity index (χ3n) is 2.23. The number of nitrogens with one attached hydrogen (secondary N) is 1. The van der Waals surface area contributed by atoms with Gasteiger partial charge in [0.1, 0.15) is 11.2 Å². The van der Waals surface area contributed by atoms with Gasteiger partial charge in [-0.05, 0) is 18.2 Å². The molecule has 7 heteroatoms. The summed E-state index contributed by atoms with van der Waals surface area (Å²) < 4.78 is 27.4. The molecule has 1 amide bonds. The van der Waals surface area contributed by atoms with Crippen LogP contribution >= 0.6 is 0 Å². The normalized spacial score (nSPS) is 11.2. The zero-order chi connectivity index (χ0) is 13.2. The number of furan rings is 1. The highest BCUT2D eigenvalue weighted by atomic mass is 32.2. The van der Waals surface area contributed by atoms with Gasteiger partial charge in [0.25, 0.3) is 5.91 Å². The van der Waals surface area contributed by atoms with Crippen LogP contribution in [0.4, 0.5) is 5.69 Å². The van der Waals surface area contributed by atoms with Crippen LogP contribution in [0.5, 0.6) is 0 Å². The van der Waals surface area contributed by atoms with Crippen molar-refractivity contribution in [3.05, 3.63) is 48.4 Å². The fraction of sp³-hybridized carbons (Fsp3) is 0. The zero-order valence-electron chi connectivity index (χ0n) is 9.16. The van der Waals surface area contributed by atoms with Gasteiger partial charge in [-0.3, -0.25) is 4.79 Å². The molecular weight excluding hydrogens is 256 g/mol. The van der Waals surface area contributed by atoms with E-state index in [9.17, 15) is 13.2 Å². The highest BCUT2D eigenvalue weighted by molar-refractivity contribution is 7.89. The third-order valence-corrected chi connectivity index (χ3v) is 3.19. The first-order valence-corrected chi connectivity index (χ1v) is 6.48. The van der Waals surface area contributed by atoms with E-state index in [4.69, 9.17) is 9.56 Å². The lowest BCUT2D eigenvalue weighted by atomic mass is 10.3. The molecule has 2 aromatic rings. The smallest absolute Gasteiger partial charge is 0.258 e.